The summed E-state index contributed by atoms with van der Waals surface area (Å²) in [4.78, 5) is 11.7. The molecule has 0 N–H and O–H groups in total. The van der Waals surface area contributed by atoms with Crippen LogP contribution in [0.4, 0.5) is 0 Å². The maximum atomic E-state index is 11.7. The molecule has 0 saturated carbocycles. The van der Waals surface area contributed by atoms with E-state index in [1.165, 1.54) is 0 Å². The molecule has 20 heavy (non-hydrogen) atoms. The van der Waals surface area contributed by atoms with Crippen LogP contribution in [-0.4, -0.2) is 36.7 Å². The van der Waals surface area contributed by atoms with E-state index in [1.54, 1.807) is 13.8 Å². The molecular weight excluding hydrogens is 260 g/mol. The molecule has 2 fully saturated rings. The summed E-state index contributed by atoms with van der Waals surface area (Å²) in [6, 6.07) is 9.85. The lowest BCUT2D eigenvalue weighted by Gasteiger charge is -2.21. The number of fused-ring (bicyclic) bond motifs is 1. The summed E-state index contributed by atoms with van der Waals surface area (Å²) in [7, 11) is 0. The van der Waals surface area contributed by atoms with E-state index in [4.69, 9.17) is 18.9 Å². The molecule has 0 bridgehead atoms. The zero-order valence-electron chi connectivity index (χ0n) is 11.6. The Hall–Kier alpha value is -1.43. The first-order valence-corrected chi connectivity index (χ1v) is 6.73. The van der Waals surface area contributed by atoms with Crippen molar-refractivity contribution in [1.82, 2.24) is 0 Å². The average molecular weight is 278 g/mol. The van der Waals surface area contributed by atoms with Gasteiger partial charge in [0.1, 0.15) is 6.10 Å². The fraction of sp³-hybridized carbons (Fsp3) is 0.533. The van der Waals surface area contributed by atoms with Crippen LogP contribution in [0.3, 0.4) is 0 Å². The fourth-order valence-corrected chi connectivity index (χ4v) is 2.52. The molecule has 0 spiro atoms. The highest BCUT2D eigenvalue weighted by atomic mass is 16.8. The lowest BCUT2D eigenvalue weighted by atomic mass is 10.1. The van der Waals surface area contributed by atoms with Gasteiger partial charge in [-0.3, -0.25) is 0 Å². The number of benzene rings is 1. The number of cyclic esters (lactones) is 1. The normalized spacial score (nSPS) is 31.1. The molecule has 5 nitrogen and oxygen atoms in total. The average Bonchev–Trinajstić information content (AvgIpc) is 2.87. The van der Waals surface area contributed by atoms with Gasteiger partial charge in [0.05, 0.1) is 13.2 Å². The van der Waals surface area contributed by atoms with Crippen LogP contribution in [0.15, 0.2) is 30.3 Å². The number of rotatable bonds is 4. The Morgan fingerprint density at radius 3 is 2.70 bits per heavy atom. The lowest BCUT2D eigenvalue weighted by Crippen LogP contribution is -2.32. The third-order valence-corrected chi connectivity index (χ3v) is 3.39. The molecule has 2 aliphatic heterocycles. The van der Waals surface area contributed by atoms with Gasteiger partial charge in [0, 0.05) is 0 Å². The molecule has 0 unspecified atom stereocenters. The molecule has 0 radical (unpaired) electrons. The second-order valence-corrected chi connectivity index (χ2v) is 5.50. The molecule has 0 amide bonds. The largest absolute Gasteiger partial charge is 0.455 e. The first-order valence-electron chi connectivity index (χ1n) is 6.73. The topological polar surface area (TPSA) is 54.0 Å². The maximum absolute atomic E-state index is 11.7. The Kier molecular flexibility index (Phi) is 3.50. The van der Waals surface area contributed by atoms with Crippen molar-refractivity contribution in [3.8, 4) is 0 Å². The number of carbonyl (C=O) groups is 1. The quantitative estimate of drug-likeness (QED) is 0.784. The molecule has 2 saturated heterocycles. The summed E-state index contributed by atoms with van der Waals surface area (Å²) in [6.45, 7) is 4.37. The summed E-state index contributed by atoms with van der Waals surface area (Å²) in [5, 5.41) is 0. The van der Waals surface area contributed by atoms with Crippen LogP contribution in [0.1, 0.15) is 19.4 Å². The van der Waals surface area contributed by atoms with E-state index < -0.39 is 18.0 Å². The minimum atomic E-state index is -0.744. The highest BCUT2D eigenvalue weighted by Crippen LogP contribution is 2.36. The molecule has 0 aliphatic carbocycles. The van der Waals surface area contributed by atoms with E-state index in [-0.39, 0.29) is 12.1 Å². The van der Waals surface area contributed by atoms with Crippen molar-refractivity contribution < 1.29 is 23.7 Å². The third kappa shape index (κ3) is 2.70. The smallest absolute Gasteiger partial charge is 0.338 e. The van der Waals surface area contributed by atoms with Gasteiger partial charge in [0.25, 0.3) is 0 Å². The maximum Gasteiger partial charge on any atom is 0.338 e. The molecule has 3 rings (SSSR count). The van der Waals surface area contributed by atoms with Crippen LogP contribution in [0.5, 0.6) is 0 Å². The van der Waals surface area contributed by atoms with Crippen molar-refractivity contribution in [2.24, 2.45) is 0 Å². The molecule has 3 atom stereocenters. The van der Waals surface area contributed by atoms with Gasteiger partial charge in [0.2, 0.25) is 0 Å². The number of ether oxygens (including phenoxy) is 4. The van der Waals surface area contributed by atoms with E-state index in [1.807, 2.05) is 30.3 Å². The van der Waals surface area contributed by atoms with Gasteiger partial charge < -0.3 is 18.9 Å². The summed E-state index contributed by atoms with van der Waals surface area (Å²) in [6.07, 6.45) is -1.42. The van der Waals surface area contributed by atoms with Crippen LogP contribution in [-0.2, 0) is 30.3 Å². The number of esters is 1. The SMILES string of the molecule is CC1(C)O[C@H]2[C@@H](COCc3ccccc3)OC(=O)[C@@H]2O1. The van der Waals surface area contributed by atoms with E-state index in [2.05, 4.69) is 0 Å². The Labute approximate surface area is 117 Å². The third-order valence-electron chi connectivity index (χ3n) is 3.39. The van der Waals surface area contributed by atoms with Gasteiger partial charge in [-0.15, -0.1) is 0 Å². The zero-order chi connectivity index (χ0) is 14.2. The molecule has 1 aromatic rings. The zero-order valence-corrected chi connectivity index (χ0v) is 11.6. The molecule has 2 aliphatic rings. The van der Waals surface area contributed by atoms with Crippen LogP contribution in [0.25, 0.3) is 0 Å². The van der Waals surface area contributed by atoms with E-state index in [9.17, 15) is 4.79 Å². The Balaban J connectivity index is 1.55. The predicted molar refractivity (Wildman–Crippen MR) is 69.8 cm³/mol. The Morgan fingerprint density at radius 1 is 1.20 bits per heavy atom. The summed E-state index contributed by atoms with van der Waals surface area (Å²) in [5.74, 6) is -1.11. The number of carbonyl (C=O) groups excluding carboxylic acids is 1. The Morgan fingerprint density at radius 2 is 1.95 bits per heavy atom. The minimum absolute atomic E-state index is 0.307. The second-order valence-electron chi connectivity index (χ2n) is 5.50. The number of hydrogen-bond acceptors (Lipinski definition) is 5. The van der Waals surface area contributed by atoms with E-state index in [0.717, 1.165) is 5.56 Å². The standard InChI is InChI=1S/C15H18O5/c1-15(2)19-12-11(18-14(16)13(12)20-15)9-17-8-10-6-4-3-5-7-10/h3-7,11-13H,8-9H2,1-2H3/t11-,12+,13-/m1/s1. The van der Waals surface area contributed by atoms with Crippen LogP contribution < -0.4 is 0 Å². The highest BCUT2D eigenvalue weighted by Gasteiger charge is 2.55. The monoisotopic (exact) mass is 278 g/mol. The van der Waals surface area contributed by atoms with Crippen molar-refractivity contribution in [2.45, 2.75) is 44.6 Å². The van der Waals surface area contributed by atoms with Crippen LogP contribution in [0.2, 0.25) is 0 Å². The first-order chi connectivity index (χ1) is 9.55. The minimum Gasteiger partial charge on any atom is -0.455 e. The van der Waals surface area contributed by atoms with Gasteiger partial charge in [-0.25, -0.2) is 4.79 Å². The van der Waals surface area contributed by atoms with E-state index >= 15 is 0 Å². The molecule has 0 aromatic heterocycles. The molecular formula is C15H18O5. The molecule has 5 heteroatoms. The molecule has 2 heterocycles. The first kappa shape index (κ1) is 13.5. The van der Waals surface area contributed by atoms with Gasteiger partial charge in [-0.05, 0) is 19.4 Å². The van der Waals surface area contributed by atoms with Gasteiger partial charge in [-0.2, -0.15) is 0 Å². The van der Waals surface area contributed by atoms with E-state index in [0.29, 0.717) is 13.2 Å². The Bertz CT molecular complexity index is 484. The highest BCUT2D eigenvalue weighted by molar-refractivity contribution is 5.78. The summed E-state index contributed by atoms with van der Waals surface area (Å²) in [5.41, 5.74) is 1.08. The summed E-state index contributed by atoms with van der Waals surface area (Å²) < 4.78 is 22.1. The lowest BCUT2D eigenvalue weighted by molar-refractivity contribution is -0.190. The molecule has 1 aromatic carbocycles. The predicted octanol–water partition coefficient (Wildman–Crippen LogP) is 1.65. The van der Waals surface area contributed by atoms with Crippen molar-refractivity contribution in [2.75, 3.05) is 6.61 Å². The van der Waals surface area contributed by atoms with Crippen molar-refractivity contribution in [3.05, 3.63) is 35.9 Å². The second kappa shape index (κ2) is 5.16. The van der Waals surface area contributed by atoms with Gasteiger partial charge >= 0.3 is 5.97 Å². The fourth-order valence-electron chi connectivity index (χ4n) is 2.52. The van der Waals surface area contributed by atoms with Crippen LogP contribution >= 0.6 is 0 Å². The van der Waals surface area contributed by atoms with Gasteiger partial charge in [0.15, 0.2) is 18.0 Å². The molecule has 108 valence electrons. The van der Waals surface area contributed by atoms with Crippen molar-refractivity contribution in [3.63, 3.8) is 0 Å². The van der Waals surface area contributed by atoms with Crippen molar-refractivity contribution >= 4 is 5.97 Å². The van der Waals surface area contributed by atoms with Crippen molar-refractivity contribution in [1.29, 1.82) is 0 Å². The number of hydrogen-bond donors (Lipinski definition) is 0. The van der Waals surface area contributed by atoms with Crippen LogP contribution in [0, 0.1) is 0 Å². The van der Waals surface area contributed by atoms with Gasteiger partial charge in [-0.1, -0.05) is 30.3 Å². The summed E-state index contributed by atoms with van der Waals surface area (Å²) >= 11 is 0.